The largest absolute Gasteiger partial charge is 0.389 e. The Morgan fingerprint density at radius 2 is 2.10 bits per heavy atom. The number of anilines is 1. The number of hydrogen-bond donors (Lipinski definition) is 2. The molecule has 0 heterocycles. The summed E-state index contributed by atoms with van der Waals surface area (Å²) in [5, 5.41) is 12.7. The van der Waals surface area contributed by atoms with Crippen molar-refractivity contribution in [2.45, 2.75) is 39.7 Å². The Hall–Kier alpha value is -1.13. The van der Waals surface area contributed by atoms with Gasteiger partial charge < -0.3 is 15.2 Å². The zero-order chi connectivity index (χ0) is 15.0. The van der Waals surface area contributed by atoms with Gasteiger partial charge in [-0.2, -0.15) is 0 Å². The quantitative estimate of drug-likeness (QED) is 0.683. The van der Waals surface area contributed by atoms with E-state index in [0.29, 0.717) is 18.2 Å². The molecule has 0 aromatic heterocycles. The highest BCUT2D eigenvalue weighted by molar-refractivity contribution is 5.51. The Morgan fingerprint density at radius 1 is 1.35 bits per heavy atom. The molecule has 0 saturated heterocycles. The lowest BCUT2D eigenvalue weighted by molar-refractivity contribution is 0.0409. The number of ether oxygens (including phenoxy) is 1. The Morgan fingerprint density at radius 3 is 2.75 bits per heavy atom. The van der Waals surface area contributed by atoms with Crippen LogP contribution in [0.2, 0.25) is 0 Å². The van der Waals surface area contributed by atoms with Crippen LogP contribution in [0.3, 0.4) is 0 Å². The van der Waals surface area contributed by atoms with Crippen LogP contribution in [0.25, 0.3) is 0 Å². The molecule has 0 amide bonds. The fourth-order valence-corrected chi connectivity index (χ4v) is 1.95. The van der Waals surface area contributed by atoms with Crippen molar-refractivity contribution in [1.29, 1.82) is 0 Å². The van der Waals surface area contributed by atoms with Crippen molar-refractivity contribution in [3.63, 3.8) is 0 Å². The highest BCUT2D eigenvalue weighted by Crippen LogP contribution is 2.18. The zero-order valence-electron chi connectivity index (χ0n) is 12.7. The van der Waals surface area contributed by atoms with E-state index in [1.807, 2.05) is 13.0 Å². The van der Waals surface area contributed by atoms with Crippen LogP contribution in [0.5, 0.6) is 0 Å². The number of nitrogens with one attached hydrogen (secondary N) is 1. The Kier molecular flexibility index (Phi) is 7.55. The average molecular weight is 283 g/mol. The Labute approximate surface area is 121 Å². The van der Waals surface area contributed by atoms with Gasteiger partial charge in [-0.1, -0.05) is 26.0 Å². The molecule has 2 N–H and O–H groups in total. The Balaban J connectivity index is 2.21. The lowest BCUT2D eigenvalue weighted by atomic mass is 10.1. The van der Waals surface area contributed by atoms with Crippen molar-refractivity contribution < 1.29 is 14.2 Å². The topological polar surface area (TPSA) is 41.5 Å². The minimum atomic E-state index is -0.631. The maximum atomic E-state index is 13.6. The molecule has 0 spiro atoms. The summed E-state index contributed by atoms with van der Waals surface area (Å²) in [4.78, 5) is 0. The normalized spacial score (nSPS) is 12.7. The first-order chi connectivity index (χ1) is 9.50. The molecule has 4 heteroatoms. The van der Waals surface area contributed by atoms with Crippen molar-refractivity contribution in [2.75, 3.05) is 25.1 Å². The molecule has 20 heavy (non-hydrogen) atoms. The minimum absolute atomic E-state index is 0.276. The standard InChI is InChI=1S/C16H26FNO2/c1-12(2)6-5-9-20-11-14(19)10-18-16-13(3)7-4-8-15(16)17/h4,7-8,12,14,18-19H,5-6,9-11H2,1-3H3. The van der Waals surface area contributed by atoms with Crippen molar-refractivity contribution >= 4 is 5.69 Å². The number of aryl methyl sites for hydroxylation is 1. The summed E-state index contributed by atoms with van der Waals surface area (Å²) < 4.78 is 19.0. The van der Waals surface area contributed by atoms with E-state index in [4.69, 9.17) is 4.74 Å². The maximum Gasteiger partial charge on any atom is 0.146 e. The zero-order valence-corrected chi connectivity index (χ0v) is 12.7. The van der Waals surface area contributed by atoms with E-state index in [1.54, 1.807) is 6.07 Å². The van der Waals surface area contributed by atoms with Gasteiger partial charge in [0.15, 0.2) is 0 Å². The van der Waals surface area contributed by atoms with E-state index in [1.165, 1.54) is 6.07 Å². The fraction of sp³-hybridized carbons (Fsp3) is 0.625. The first-order valence-electron chi connectivity index (χ1n) is 7.25. The fourth-order valence-electron chi connectivity index (χ4n) is 1.95. The molecule has 1 unspecified atom stereocenters. The van der Waals surface area contributed by atoms with E-state index in [0.717, 1.165) is 18.4 Å². The van der Waals surface area contributed by atoms with Gasteiger partial charge in [-0.3, -0.25) is 0 Å². The molecule has 114 valence electrons. The maximum absolute atomic E-state index is 13.6. The van der Waals surface area contributed by atoms with Gasteiger partial charge in [-0.25, -0.2) is 4.39 Å². The van der Waals surface area contributed by atoms with E-state index in [9.17, 15) is 9.50 Å². The van der Waals surface area contributed by atoms with Gasteiger partial charge in [-0.05, 0) is 37.3 Å². The van der Waals surface area contributed by atoms with Crippen molar-refractivity contribution in [1.82, 2.24) is 0 Å². The molecule has 1 aromatic carbocycles. The SMILES string of the molecule is Cc1cccc(F)c1NCC(O)COCCCC(C)C. The van der Waals surface area contributed by atoms with Gasteiger partial charge in [0.1, 0.15) is 5.82 Å². The molecular weight excluding hydrogens is 257 g/mol. The molecule has 0 fully saturated rings. The summed E-state index contributed by atoms with van der Waals surface area (Å²) in [5.41, 5.74) is 1.28. The van der Waals surface area contributed by atoms with Gasteiger partial charge in [0.25, 0.3) is 0 Å². The van der Waals surface area contributed by atoms with Gasteiger partial charge >= 0.3 is 0 Å². The first-order valence-corrected chi connectivity index (χ1v) is 7.25. The van der Waals surface area contributed by atoms with Crippen LogP contribution >= 0.6 is 0 Å². The summed E-state index contributed by atoms with van der Waals surface area (Å²) in [6.45, 7) is 7.41. The van der Waals surface area contributed by atoms with Gasteiger partial charge in [0.2, 0.25) is 0 Å². The van der Waals surface area contributed by atoms with Crippen molar-refractivity contribution in [3.05, 3.63) is 29.6 Å². The lowest BCUT2D eigenvalue weighted by Gasteiger charge is -2.15. The molecule has 0 aliphatic carbocycles. The number of aliphatic hydroxyl groups excluding tert-OH is 1. The molecule has 1 atom stereocenters. The number of benzene rings is 1. The first kappa shape index (κ1) is 16.9. The predicted molar refractivity (Wildman–Crippen MR) is 80.5 cm³/mol. The van der Waals surface area contributed by atoms with Gasteiger partial charge in [-0.15, -0.1) is 0 Å². The summed E-state index contributed by atoms with van der Waals surface area (Å²) in [7, 11) is 0. The van der Waals surface area contributed by atoms with Crippen LogP contribution in [0, 0.1) is 18.7 Å². The molecule has 1 rings (SSSR count). The molecule has 0 aliphatic rings. The van der Waals surface area contributed by atoms with Crippen molar-refractivity contribution in [3.8, 4) is 0 Å². The summed E-state index contributed by atoms with van der Waals surface area (Å²) in [5.74, 6) is 0.379. The van der Waals surface area contributed by atoms with Crippen LogP contribution in [-0.2, 0) is 4.74 Å². The van der Waals surface area contributed by atoms with Crippen LogP contribution in [0.4, 0.5) is 10.1 Å². The van der Waals surface area contributed by atoms with Crippen molar-refractivity contribution in [2.24, 2.45) is 5.92 Å². The predicted octanol–water partition coefficient (Wildman–Crippen LogP) is 3.36. The van der Waals surface area contributed by atoms with E-state index in [-0.39, 0.29) is 19.0 Å². The smallest absolute Gasteiger partial charge is 0.146 e. The molecule has 0 aliphatic heterocycles. The number of halogens is 1. The molecular formula is C16H26FNO2. The highest BCUT2D eigenvalue weighted by atomic mass is 19.1. The third-order valence-electron chi connectivity index (χ3n) is 3.12. The molecule has 3 nitrogen and oxygen atoms in total. The second-order valence-electron chi connectivity index (χ2n) is 5.58. The van der Waals surface area contributed by atoms with Crippen LogP contribution in [-0.4, -0.2) is 31.0 Å². The van der Waals surface area contributed by atoms with Gasteiger partial charge in [0.05, 0.1) is 18.4 Å². The van der Waals surface area contributed by atoms with E-state index in [2.05, 4.69) is 19.2 Å². The number of hydrogen-bond acceptors (Lipinski definition) is 3. The lowest BCUT2D eigenvalue weighted by Crippen LogP contribution is -2.25. The highest BCUT2D eigenvalue weighted by Gasteiger charge is 2.08. The number of para-hydroxylation sites is 1. The van der Waals surface area contributed by atoms with Crippen LogP contribution < -0.4 is 5.32 Å². The third-order valence-corrected chi connectivity index (χ3v) is 3.12. The van der Waals surface area contributed by atoms with E-state index < -0.39 is 6.10 Å². The molecule has 0 radical (unpaired) electrons. The Bertz CT molecular complexity index is 376. The second-order valence-corrected chi connectivity index (χ2v) is 5.58. The van der Waals surface area contributed by atoms with E-state index >= 15 is 0 Å². The minimum Gasteiger partial charge on any atom is -0.389 e. The third kappa shape index (κ3) is 6.35. The number of aliphatic hydroxyl groups is 1. The summed E-state index contributed by atoms with van der Waals surface area (Å²) in [6.07, 6.45) is 1.50. The summed E-state index contributed by atoms with van der Waals surface area (Å²) >= 11 is 0. The second kappa shape index (κ2) is 8.93. The van der Waals surface area contributed by atoms with Crippen LogP contribution in [0.15, 0.2) is 18.2 Å². The molecule has 0 bridgehead atoms. The number of rotatable bonds is 9. The molecule has 0 saturated carbocycles. The van der Waals surface area contributed by atoms with Gasteiger partial charge in [0, 0.05) is 13.2 Å². The summed E-state index contributed by atoms with van der Waals surface area (Å²) in [6, 6.07) is 4.91. The average Bonchev–Trinajstić information content (AvgIpc) is 2.37. The van der Waals surface area contributed by atoms with Crippen LogP contribution in [0.1, 0.15) is 32.3 Å². The monoisotopic (exact) mass is 283 g/mol. The molecule has 1 aromatic rings.